The van der Waals surface area contributed by atoms with Crippen LogP contribution in [0.1, 0.15) is 15.9 Å². The van der Waals surface area contributed by atoms with E-state index in [1.807, 2.05) is 0 Å². The number of rotatable bonds is 1. The Bertz CT molecular complexity index is 417. The topological polar surface area (TPSA) is 63.3 Å². The van der Waals surface area contributed by atoms with Gasteiger partial charge in [-0.05, 0) is 12.1 Å². The molecule has 0 aliphatic rings. The second-order valence-corrected chi connectivity index (χ2v) is 3.15. The lowest BCUT2D eigenvalue weighted by molar-refractivity contribution is -0.136. The zero-order valence-electron chi connectivity index (χ0n) is 7.10. The molecule has 82 valence electrons. The highest BCUT2D eigenvalue weighted by Gasteiger charge is 2.35. The molecular formula is C8H5ClF3NO2. The van der Waals surface area contributed by atoms with E-state index in [2.05, 4.69) is 0 Å². The quantitative estimate of drug-likeness (QED) is 0.741. The van der Waals surface area contributed by atoms with Gasteiger partial charge >= 0.3 is 12.1 Å². The monoisotopic (exact) mass is 239 g/mol. The smallest absolute Gasteiger partial charge is 0.418 e. The molecule has 0 fully saturated rings. The SMILES string of the molecule is Nc1c(C(=O)O)cc(Cl)cc1C(F)(F)F. The lowest BCUT2D eigenvalue weighted by atomic mass is 10.1. The number of hydrogen-bond donors (Lipinski definition) is 2. The summed E-state index contributed by atoms with van der Waals surface area (Å²) in [4.78, 5) is 10.5. The first-order valence-electron chi connectivity index (χ1n) is 3.63. The first-order valence-corrected chi connectivity index (χ1v) is 4.01. The summed E-state index contributed by atoms with van der Waals surface area (Å²) in [5, 5.41) is 8.25. The number of carboxylic acids is 1. The van der Waals surface area contributed by atoms with Crippen LogP contribution in [0, 0.1) is 0 Å². The largest absolute Gasteiger partial charge is 0.478 e. The molecule has 7 heteroatoms. The van der Waals surface area contributed by atoms with Crippen molar-refractivity contribution in [1.82, 2.24) is 0 Å². The fraction of sp³-hybridized carbons (Fsp3) is 0.125. The normalized spacial score (nSPS) is 11.5. The summed E-state index contributed by atoms with van der Waals surface area (Å²) in [5.74, 6) is -1.56. The molecule has 1 aromatic rings. The summed E-state index contributed by atoms with van der Waals surface area (Å²) in [7, 11) is 0. The van der Waals surface area contributed by atoms with Gasteiger partial charge in [-0.2, -0.15) is 13.2 Å². The van der Waals surface area contributed by atoms with Gasteiger partial charge in [-0.15, -0.1) is 0 Å². The molecule has 3 N–H and O–H groups in total. The van der Waals surface area contributed by atoms with Crippen molar-refractivity contribution in [3.63, 3.8) is 0 Å². The minimum atomic E-state index is -4.72. The van der Waals surface area contributed by atoms with Gasteiger partial charge in [0.15, 0.2) is 0 Å². The molecule has 3 nitrogen and oxygen atoms in total. The van der Waals surface area contributed by atoms with Crippen LogP contribution >= 0.6 is 11.6 Å². The van der Waals surface area contributed by atoms with Gasteiger partial charge in [0.05, 0.1) is 16.8 Å². The van der Waals surface area contributed by atoms with Crippen LogP contribution in [0.5, 0.6) is 0 Å². The second kappa shape index (κ2) is 3.62. The maximum absolute atomic E-state index is 12.3. The summed E-state index contributed by atoms with van der Waals surface area (Å²) in [6.45, 7) is 0. The standard InChI is InChI=1S/C8H5ClF3NO2/c9-3-1-4(7(14)15)6(13)5(2-3)8(10,11)12/h1-2H,13H2,(H,14,15). The van der Waals surface area contributed by atoms with Gasteiger partial charge in [-0.1, -0.05) is 11.6 Å². The van der Waals surface area contributed by atoms with E-state index in [4.69, 9.17) is 22.4 Å². The Morgan fingerprint density at radius 2 is 1.93 bits per heavy atom. The molecule has 1 rings (SSSR count). The maximum atomic E-state index is 12.3. The van der Waals surface area contributed by atoms with Crippen LogP contribution < -0.4 is 5.73 Å². The minimum absolute atomic E-state index is 0.325. The van der Waals surface area contributed by atoms with Gasteiger partial charge in [-0.25, -0.2) is 4.79 Å². The maximum Gasteiger partial charge on any atom is 0.418 e. The third-order valence-corrected chi connectivity index (χ3v) is 1.90. The fourth-order valence-electron chi connectivity index (χ4n) is 1.03. The van der Waals surface area contributed by atoms with Crippen molar-refractivity contribution >= 4 is 23.3 Å². The van der Waals surface area contributed by atoms with E-state index in [0.29, 0.717) is 6.07 Å². The van der Waals surface area contributed by atoms with Crippen LogP contribution in [0.3, 0.4) is 0 Å². The number of nitrogen functional groups attached to an aromatic ring is 1. The highest BCUT2D eigenvalue weighted by Crippen LogP contribution is 2.37. The van der Waals surface area contributed by atoms with Crippen LogP contribution in [-0.2, 0) is 6.18 Å². The number of nitrogens with two attached hydrogens (primary N) is 1. The first kappa shape index (κ1) is 11.6. The van der Waals surface area contributed by atoms with Crippen molar-refractivity contribution in [3.8, 4) is 0 Å². The lowest BCUT2D eigenvalue weighted by Crippen LogP contribution is -2.13. The van der Waals surface area contributed by atoms with E-state index < -0.39 is 29.0 Å². The summed E-state index contributed by atoms with van der Waals surface area (Å²) in [5.41, 5.74) is 2.35. The molecule has 15 heavy (non-hydrogen) atoms. The molecule has 0 saturated carbocycles. The zero-order chi connectivity index (χ0) is 11.8. The van der Waals surface area contributed by atoms with Crippen molar-refractivity contribution in [2.24, 2.45) is 0 Å². The van der Waals surface area contributed by atoms with Crippen LogP contribution in [-0.4, -0.2) is 11.1 Å². The number of halogens is 4. The van der Waals surface area contributed by atoms with Crippen molar-refractivity contribution in [2.75, 3.05) is 5.73 Å². The fourth-order valence-corrected chi connectivity index (χ4v) is 1.25. The Labute approximate surface area is 87.3 Å². The summed E-state index contributed by atoms with van der Waals surface area (Å²) in [6.07, 6.45) is -4.72. The molecule has 0 atom stereocenters. The average Bonchev–Trinajstić information content (AvgIpc) is 2.06. The Morgan fingerprint density at radius 3 is 2.33 bits per heavy atom. The van der Waals surface area contributed by atoms with E-state index in [0.717, 1.165) is 6.07 Å². The number of aromatic carboxylic acids is 1. The van der Waals surface area contributed by atoms with E-state index in [-0.39, 0.29) is 5.02 Å². The molecule has 0 spiro atoms. The predicted octanol–water partition coefficient (Wildman–Crippen LogP) is 2.64. The van der Waals surface area contributed by atoms with Gasteiger partial charge in [-0.3, -0.25) is 0 Å². The molecule has 0 bridgehead atoms. The van der Waals surface area contributed by atoms with E-state index in [1.54, 1.807) is 0 Å². The molecule has 0 aliphatic heterocycles. The van der Waals surface area contributed by atoms with Crippen LogP contribution in [0.25, 0.3) is 0 Å². The molecule has 0 saturated heterocycles. The molecule has 0 aromatic heterocycles. The minimum Gasteiger partial charge on any atom is -0.478 e. The summed E-state index contributed by atoms with van der Waals surface area (Å²) < 4.78 is 37.0. The van der Waals surface area contributed by atoms with Gasteiger partial charge < -0.3 is 10.8 Å². The Morgan fingerprint density at radius 1 is 1.40 bits per heavy atom. The molecular weight excluding hydrogens is 235 g/mol. The zero-order valence-corrected chi connectivity index (χ0v) is 7.86. The third-order valence-electron chi connectivity index (χ3n) is 1.68. The molecule has 0 aliphatic carbocycles. The van der Waals surface area contributed by atoms with E-state index in [9.17, 15) is 18.0 Å². The second-order valence-electron chi connectivity index (χ2n) is 2.72. The lowest BCUT2D eigenvalue weighted by Gasteiger charge is -2.12. The number of anilines is 1. The highest BCUT2D eigenvalue weighted by atomic mass is 35.5. The van der Waals surface area contributed by atoms with Gasteiger partial charge in [0.25, 0.3) is 0 Å². The molecule has 0 amide bonds. The molecule has 0 heterocycles. The summed E-state index contributed by atoms with van der Waals surface area (Å²) >= 11 is 5.35. The van der Waals surface area contributed by atoms with E-state index >= 15 is 0 Å². The number of carbonyl (C=O) groups is 1. The van der Waals surface area contributed by atoms with Crippen molar-refractivity contribution in [2.45, 2.75) is 6.18 Å². The van der Waals surface area contributed by atoms with Crippen molar-refractivity contribution in [3.05, 3.63) is 28.3 Å². The van der Waals surface area contributed by atoms with Crippen molar-refractivity contribution < 1.29 is 23.1 Å². The Balaban J connectivity index is 3.49. The Hall–Kier alpha value is -1.43. The molecule has 0 radical (unpaired) electrons. The van der Waals surface area contributed by atoms with E-state index in [1.165, 1.54) is 0 Å². The third kappa shape index (κ3) is 2.33. The number of hydrogen-bond acceptors (Lipinski definition) is 2. The number of alkyl halides is 3. The number of carboxylic acid groups (broad SMARTS) is 1. The summed E-state index contributed by atoms with van der Waals surface area (Å²) in [6, 6.07) is 1.46. The van der Waals surface area contributed by atoms with Crippen LogP contribution in [0.2, 0.25) is 5.02 Å². The average molecular weight is 240 g/mol. The van der Waals surface area contributed by atoms with Crippen molar-refractivity contribution in [1.29, 1.82) is 0 Å². The highest BCUT2D eigenvalue weighted by molar-refractivity contribution is 6.31. The number of benzene rings is 1. The van der Waals surface area contributed by atoms with Gasteiger partial charge in [0.1, 0.15) is 0 Å². The van der Waals surface area contributed by atoms with Gasteiger partial charge in [0.2, 0.25) is 0 Å². The predicted molar refractivity (Wildman–Crippen MR) is 47.8 cm³/mol. The molecule has 0 unspecified atom stereocenters. The van der Waals surface area contributed by atoms with Crippen LogP contribution in [0.15, 0.2) is 12.1 Å². The van der Waals surface area contributed by atoms with Crippen LogP contribution in [0.4, 0.5) is 18.9 Å². The first-order chi connectivity index (χ1) is 6.73. The van der Waals surface area contributed by atoms with Gasteiger partial charge in [0, 0.05) is 5.02 Å². The molecule has 1 aromatic carbocycles. The Kier molecular flexibility index (Phi) is 2.81.